The van der Waals surface area contributed by atoms with Crippen LogP contribution in [0.25, 0.3) is 6.08 Å². The van der Waals surface area contributed by atoms with Gasteiger partial charge in [0.2, 0.25) is 0 Å². The molecule has 0 radical (unpaired) electrons. The van der Waals surface area contributed by atoms with Crippen LogP contribution in [0.3, 0.4) is 0 Å². The molecule has 1 saturated heterocycles. The smallest absolute Gasteiger partial charge is 0.293 e. The molecular formula is C13H10ClNO3S. The summed E-state index contributed by atoms with van der Waals surface area (Å²) in [4.78, 5) is 25.0. The fraction of sp³-hybridized carbons (Fsp3) is 0.0769. The number of imide groups is 1. The number of carbonyl (C=O) groups excluding carboxylic acids is 2. The lowest BCUT2D eigenvalue weighted by atomic mass is 10.2. The van der Waals surface area contributed by atoms with Gasteiger partial charge in [-0.3, -0.25) is 14.5 Å². The van der Waals surface area contributed by atoms with Crippen LogP contribution in [0.1, 0.15) is 5.56 Å². The third-order valence-electron chi connectivity index (χ3n) is 2.45. The van der Waals surface area contributed by atoms with E-state index in [1.54, 1.807) is 12.1 Å². The van der Waals surface area contributed by atoms with E-state index in [1.807, 2.05) is 0 Å². The topological polar surface area (TPSA) is 57.6 Å². The average Bonchev–Trinajstić information content (AvgIpc) is 2.62. The number of phenols is 1. The molecule has 0 aliphatic carbocycles. The molecule has 1 heterocycles. The second-order valence-electron chi connectivity index (χ2n) is 3.79. The van der Waals surface area contributed by atoms with E-state index in [9.17, 15) is 14.7 Å². The molecule has 0 spiro atoms. The number of hydrogen-bond acceptors (Lipinski definition) is 4. The number of amides is 2. The minimum atomic E-state index is -0.348. The molecule has 0 bridgehead atoms. The zero-order chi connectivity index (χ0) is 14.0. The van der Waals surface area contributed by atoms with Crippen molar-refractivity contribution in [3.63, 3.8) is 0 Å². The van der Waals surface area contributed by atoms with Crippen molar-refractivity contribution in [1.82, 2.24) is 4.90 Å². The molecule has 1 fully saturated rings. The third kappa shape index (κ3) is 2.83. The van der Waals surface area contributed by atoms with E-state index < -0.39 is 0 Å². The number of hydrogen-bond donors (Lipinski definition) is 1. The normalized spacial score (nSPS) is 17.3. The Morgan fingerprint density at radius 2 is 2.16 bits per heavy atom. The van der Waals surface area contributed by atoms with Crippen molar-refractivity contribution in [1.29, 1.82) is 0 Å². The minimum absolute atomic E-state index is 0.0291. The molecule has 0 saturated carbocycles. The summed E-state index contributed by atoms with van der Waals surface area (Å²) >= 11 is 6.65. The highest BCUT2D eigenvalue weighted by atomic mass is 35.5. The van der Waals surface area contributed by atoms with Crippen LogP contribution in [0.5, 0.6) is 5.75 Å². The number of thioether (sulfide) groups is 1. The molecule has 2 amide bonds. The van der Waals surface area contributed by atoms with Gasteiger partial charge < -0.3 is 5.11 Å². The summed E-state index contributed by atoms with van der Waals surface area (Å²) in [5.74, 6) is -0.377. The SMILES string of the molecule is C=CCN1C(=O)S/C(=C/c2ccc(O)c(Cl)c2)C1=O. The van der Waals surface area contributed by atoms with Crippen LogP contribution in [-0.4, -0.2) is 27.7 Å². The van der Waals surface area contributed by atoms with Crippen molar-refractivity contribution in [3.05, 3.63) is 46.3 Å². The van der Waals surface area contributed by atoms with Gasteiger partial charge in [-0.05, 0) is 35.5 Å². The Kier molecular flexibility index (Phi) is 3.97. The number of aromatic hydroxyl groups is 1. The number of nitrogens with zero attached hydrogens (tertiary/aromatic N) is 1. The van der Waals surface area contributed by atoms with E-state index in [4.69, 9.17) is 11.6 Å². The fourth-order valence-electron chi connectivity index (χ4n) is 1.55. The molecule has 0 atom stereocenters. The van der Waals surface area contributed by atoms with E-state index in [2.05, 4.69) is 6.58 Å². The van der Waals surface area contributed by atoms with E-state index in [0.29, 0.717) is 10.5 Å². The van der Waals surface area contributed by atoms with Gasteiger partial charge in [0, 0.05) is 6.54 Å². The molecule has 2 rings (SSSR count). The summed E-state index contributed by atoms with van der Waals surface area (Å²) in [5, 5.41) is 9.19. The fourth-order valence-corrected chi connectivity index (χ4v) is 2.59. The van der Waals surface area contributed by atoms with Gasteiger partial charge in [0.05, 0.1) is 9.93 Å². The van der Waals surface area contributed by atoms with Crippen LogP contribution in [0.4, 0.5) is 4.79 Å². The monoisotopic (exact) mass is 295 g/mol. The molecule has 1 aromatic carbocycles. The number of carbonyl (C=O) groups is 2. The lowest BCUT2D eigenvalue weighted by Gasteiger charge is -2.07. The van der Waals surface area contributed by atoms with Crippen molar-refractivity contribution in [2.45, 2.75) is 0 Å². The van der Waals surface area contributed by atoms with Crippen molar-refractivity contribution < 1.29 is 14.7 Å². The molecule has 6 heteroatoms. The second kappa shape index (κ2) is 5.50. The van der Waals surface area contributed by atoms with E-state index in [1.165, 1.54) is 18.2 Å². The maximum Gasteiger partial charge on any atom is 0.293 e. The maximum absolute atomic E-state index is 11.9. The number of halogens is 1. The van der Waals surface area contributed by atoms with Gasteiger partial charge >= 0.3 is 0 Å². The number of benzene rings is 1. The van der Waals surface area contributed by atoms with Gasteiger partial charge in [0.25, 0.3) is 11.1 Å². The van der Waals surface area contributed by atoms with Crippen LogP contribution < -0.4 is 0 Å². The Labute approximate surface area is 119 Å². The molecule has 98 valence electrons. The first-order valence-corrected chi connectivity index (χ1v) is 6.57. The molecule has 1 aliphatic heterocycles. The molecule has 19 heavy (non-hydrogen) atoms. The molecule has 0 unspecified atom stereocenters. The van der Waals surface area contributed by atoms with E-state index in [0.717, 1.165) is 16.7 Å². The Balaban J connectivity index is 2.29. The highest BCUT2D eigenvalue weighted by Gasteiger charge is 2.33. The van der Waals surface area contributed by atoms with Crippen molar-refractivity contribution in [2.24, 2.45) is 0 Å². The zero-order valence-electron chi connectivity index (χ0n) is 9.80. The predicted molar refractivity (Wildman–Crippen MR) is 76.0 cm³/mol. The summed E-state index contributed by atoms with van der Waals surface area (Å²) in [6, 6.07) is 4.57. The van der Waals surface area contributed by atoms with Crippen molar-refractivity contribution >= 4 is 40.6 Å². The van der Waals surface area contributed by atoms with E-state index >= 15 is 0 Å². The van der Waals surface area contributed by atoms with Crippen LogP contribution in [0.15, 0.2) is 35.8 Å². The van der Waals surface area contributed by atoms with Crippen molar-refractivity contribution in [3.8, 4) is 5.75 Å². The minimum Gasteiger partial charge on any atom is -0.506 e. The van der Waals surface area contributed by atoms with Gasteiger partial charge in [0.15, 0.2) is 0 Å². The highest BCUT2D eigenvalue weighted by molar-refractivity contribution is 8.18. The standard InChI is InChI=1S/C13H10ClNO3S/c1-2-5-15-12(17)11(19-13(15)18)7-8-3-4-10(16)9(14)6-8/h2-4,6-7,16H,1,5H2/b11-7+. The molecule has 1 aromatic rings. The largest absolute Gasteiger partial charge is 0.506 e. The Hall–Kier alpha value is -1.72. The van der Waals surface area contributed by atoms with Gasteiger partial charge in [-0.2, -0.15) is 0 Å². The van der Waals surface area contributed by atoms with Crippen LogP contribution in [-0.2, 0) is 4.79 Å². The summed E-state index contributed by atoms with van der Waals surface area (Å²) < 4.78 is 0. The van der Waals surface area contributed by atoms with Gasteiger partial charge in [0.1, 0.15) is 5.75 Å². The molecular weight excluding hydrogens is 286 g/mol. The summed E-state index contributed by atoms with van der Waals surface area (Å²) in [6.45, 7) is 3.70. The van der Waals surface area contributed by atoms with Crippen LogP contribution >= 0.6 is 23.4 Å². The lowest BCUT2D eigenvalue weighted by Crippen LogP contribution is -2.27. The first-order chi connectivity index (χ1) is 9.02. The van der Waals surface area contributed by atoms with Gasteiger partial charge in [-0.15, -0.1) is 6.58 Å². The first kappa shape index (κ1) is 13.7. The number of rotatable bonds is 3. The van der Waals surface area contributed by atoms with Gasteiger partial charge in [-0.25, -0.2) is 0 Å². The third-order valence-corrected chi connectivity index (χ3v) is 3.66. The summed E-state index contributed by atoms with van der Waals surface area (Å²) in [6.07, 6.45) is 3.07. The Morgan fingerprint density at radius 3 is 2.79 bits per heavy atom. The Bertz CT molecular complexity index is 598. The molecule has 4 nitrogen and oxygen atoms in total. The van der Waals surface area contributed by atoms with Crippen molar-refractivity contribution in [2.75, 3.05) is 6.54 Å². The summed E-state index contributed by atoms with van der Waals surface area (Å²) in [7, 11) is 0. The van der Waals surface area contributed by atoms with Crippen LogP contribution in [0, 0.1) is 0 Å². The van der Waals surface area contributed by atoms with E-state index in [-0.39, 0.29) is 28.5 Å². The average molecular weight is 296 g/mol. The van der Waals surface area contributed by atoms with Gasteiger partial charge in [-0.1, -0.05) is 23.7 Å². The Morgan fingerprint density at radius 1 is 1.42 bits per heavy atom. The predicted octanol–water partition coefficient (Wildman–Crippen LogP) is 3.27. The highest BCUT2D eigenvalue weighted by Crippen LogP contribution is 2.33. The molecule has 1 N–H and O–H groups in total. The zero-order valence-corrected chi connectivity index (χ0v) is 11.4. The second-order valence-corrected chi connectivity index (χ2v) is 5.19. The lowest BCUT2D eigenvalue weighted by molar-refractivity contribution is -0.122. The van der Waals surface area contributed by atoms with Crippen LogP contribution in [0.2, 0.25) is 5.02 Å². The first-order valence-electron chi connectivity index (χ1n) is 5.37. The summed E-state index contributed by atoms with van der Waals surface area (Å²) in [5.41, 5.74) is 0.645. The molecule has 1 aliphatic rings. The quantitative estimate of drug-likeness (QED) is 0.687. The molecule has 0 aromatic heterocycles. The maximum atomic E-state index is 11.9. The number of phenolic OH excluding ortho intramolecular Hbond substituents is 1.